The zero-order valence-corrected chi connectivity index (χ0v) is 12.5. The average Bonchev–Trinajstić information content (AvgIpc) is 2.53. The first kappa shape index (κ1) is 15.3. The molecule has 0 atom stereocenters. The van der Waals surface area contributed by atoms with E-state index >= 15 is 0 Å². The van der Waals surface area contributed by atoms with Gasteiger partial charge in [0.15, 0.2) is 0 Å². The Labute approximate surface area is 122 Å². The summed E-state index contributed by atoms with van der Waals surface area (Å²) in [7, 11) is 1.70. The van der Waals surface area contributed by atoms with E-state index in [4.69, 9.17) is 4.74 Å². The lowest BCUT2D eigenvalue weighted by atomic mass is 9.74. The Morgan fingerprint density at radius 3 is 2.75 bits per heavy atom. The predicted octanol–water partition coefficient (Wildman–Crippen LogP) is 2.77. The van der Waals surface area contributed by atoms with E-state index in [0.717, 1.165) is 38.1 Å². The fourth-order valence-corrected chi connectivity index (χ4v) is 3.11. The van der Waals surface area contributed by atoms with Crippen molar-refractivity contribution in [3.8, 4) is 5.75 Å². The monoisotopic (exact) mass is 277 g/mol. The highest BCUT2D eigenvalue weighted by Gasteiger charge is 2.30. The summed E-state index contributed by atoms with van der Waals surface area (Å²) in [5.74, 6) is 0.918. The first-order valence-electron chi connectivity index (χ1n) is 7.72. The van der Waals surface area contributed by atoms with E-state index in [9.17, 15) is 5.11 Å². The molecule has 1 saturated carbocycles. The van der Waals surface area contributed by atoms with Crippen molar-refractivity contribution in [3.05, 3.63) is 29.8 Å². The molecule has 112 valence electrons. The van der Waals surface area contributed by atoms with E-state index in [-0.39, 0.29) is 5.41 Å². The molecule has 1 aromatic rings. The lowest BCUT2D eigenvalue weighted by molar-refractivity contribution is 0.0816. The Balaban J connectivity index is 1.75. The lowest BCUT2D eigenvalue weighted by Crippen LogP contribution is -2.39. The summed E-state index contributed by atoms with van der Waals surface area (Å²) in [5.41, 5.74) is 1.42. The van der Waals surface area contributed by atoms with Crippen molar-refractivity contribution >= 4 is 0 Å². The standard InChI is InChI=1S/C17H27NO2/c1-20-16-7-5-6-15(12-16)8-11-18-13-17(14-19)9-3-2-4-10-17/h5-7,12,18-19H,2-4,8-11,13-14H2,1H3. The van der Waals surface area contributed by atoms with Crippen molar-refractivity contribution in [2.24, 2.45) is 5.41 Å². The minimum absolute atomic E-state index is 0.132. The number of hydrogen-bond donors (Lipinski definition) is 2. The molecule has 0 amide bonds. The number of benzene rings is 1. The molecule has 0 aliphatic heterocycles. The molecular weight excluding hydrogens is 250 g/mol. The molecule has 0 aromatic heterocycles. The van der Waals surface area contributed by atoms with E-state index in [1.165, 1.54) is 24.8 Å². The van der Waals surface area contributed by atoms with Crippen LogP contribution in [0, 0.1) is 5.41 Å². The second kappa shape index (κ2) is 7.65. The summed E-state index contributed by atoms with van der Waals surface area (Å²) in [6.45, 7) is 2.21. The lowest BCUT2D eigenvalue weighted by Gasteiger charge is -2.35. The molecule has 0 heterocycles. The number of aliphatic hydroxyl groups is 1. The quantitative estimate of drug-likeness (QED) is 0.753. The van der Waals surface area contributed by atoms with E-state index in [0.29, 0.717) is 6.61 Å². The van der Waals surface area contributed by atoms with Crippen molar-refractivity contribution in [2.45, 2.75) is 38.5 Å². The zero-order valence-electron chi connectivity index (χ0n) is 12.5. The van der Waals surface area contributed by atoms with Gasteiger partial charge in [0.1, 0.15) is 5.75 Å². The molecule has 0 spiro atoms. The first-order valence-corrected chi connectivity index (χ1v) is 7.72. The van der Waals surface area contributed by atoms with Gasteiger partial charge in [0.25, 0.3) is 0 Å². The van der Waals surface area contributed by atoms with Gasteiger partial charge < -0.3 is 15.2 Å². The number of nitrogens with one attached hydrogen (secondary N) is 1. The van der Waals surface area contributed by atoms with Gasteiger partial charge in [-0.25, -0.2) is 0 Å². The van der Waals surface area contributed by atoms with Crippen LogP contribution in [-0.4, -0.2) is 31.9 Å². The minimum Gasteiger partial charge on any atom is -0.497 e. The Morgan fingerprint density at radius 1 is 1.25 bits per heavy atom. The molecule has 1 aliphatic carbocycles. The first-order chi connectivity index (χ1) is 9.78. The second-order valence-corrected chi connectivity index (χ2v) is 6.00. The maximum absolute atomic E-state index is 9.67. The van der Waals surface area contributed by atoms with Crippen molar-refractivity contribution in [1.82, 2.24) is 5.32 Å². The molecule has 3 nitrogen and oxygen atoms in total. The molecule has 2 N–H and O–H groups in total. The summed E-state index contributed by atoms with van der Waals surface area (Å²) in [6.07, 6.45) is 7.17. The topological polar surface area (TPSA) is 41.5 Å². The molecular formula is C17H27NO2. The number of methoxy groups -OCH3 is 1. The van der Waals surface area contributed by atoms with E-state index in [2.05, 4.69) is 17.4 Å². The van der Waals surface area contributed by atoms with Gasteiger partial charge in [-0.15, -0.1) is 0 Å². The van der Waals surface area contributed by atoms with Crippen LogP contribution in [0.4, 0.5) is 0 Å². The molecule has 0 saturated heterocycles. The highest BCUT2D eigenvalue weighted by Crippen LogP contribution is 2.35. The van der Waals surface area contributed by atoms with E-state index < -0.39 is 0 Å². The average molecular weight is 277 g/mol. The molecule has 20 heavy (non-hydrogen) atoms. The third kappa shape index (κ3) is 4.22. The van der Waals surface area contributed by atoms with Crippen LogP contribution in [0.25, 0.3) is 0 Å². The number of ether oxygens (including phenoxy) is 1. The maximum atomic E-state index is 9.67. The Bertz CT molecular complexity index is 400. The van der Waals surface area contributed by atoms with Crippen molar-refractivity contribution in [1.29, 1.82) is 0 Å². The second-order valence-electron chi connectivity index (χ2n) is 6.00. The van der Waals surface area contributed by atoms with Gasteiger partial charge in [0.2, 0.25) is 0 Å². The Hall–Kier alpha value is -1.06. The third-order valence-electron chi connectivity index (χ3n) is 4.47. The Morgan fingerprint density at radius 2 is 2.05 bits per heavy atom. The van der Waals surface area contributed by atoms with E-state index in [1.54, 1.807) is 7.11 Å². The van der Waals surface area contributed by atoms with Gasteiger partial charge >= 0.3 is 0 Å². The summed E-state index contributed by atoms with van der Waals surface area (Å²) in [4.78, 5) is 0. The number of rotatable bonds is 7. The smallest absolute Gasteiger partial charge is 0.119 e. The fourth-order valence-electron chi connectivity index (χ4n) is 3.11. The highest BCUT2D eigenvalue weighted by atomic mass is 16.5. The highest BCUT2D eigenvalue weighted by molar-refractivity contribution is 5.28. The molecule has 1 aliphatic rings. The van der Waals surface area contributed by atoms with Crippen LogP contribution in [-0.2, 0) is 6.42 Å². The van der Waals surface area contributed by atoms with Crippen LogP contribution in [0.2, 0.25) is 0 Å². The molecule has 1 fully saturated rings. The molecule has 0 bridgehead atoms. The number of aliphatic hydroxyl groups excluding tert-OH is 1. The fraction of sp³-hybridized carbons (Fsp3) is 0.647. The zero-order chi connectivity index (χ0) is 14.3. The van der Waals surface area contributed by atoms with E-state index in [1.807, 2.05) is 12.1 Å². The summed E-state index contributed by atoms with van der Waals surface area (Å²) < 4.78 is 5.24. The van der Waals surface area contributed by atoms with Crippen LogP contribution >= 0.6 is 0 Å². The van der Waals surface area contributed by atoms with Gasteiger partial charge in [-0.1, -0.05) is 31.4 Å². The van der Waals surface area contributed by atoms with Gasteiger partial charge in [-0.05, 0) is 43.5 Å². The normalized spacial score (nSPS) is 17.9. The predicted molar refractivity (Wildman–Crippen MR) is 82.2 cm³/mol. The van der Waals surface area contributed by atoms with Crippen molar-refractivity contribution in [3.63, 3.8) is 0 Å². The van der Waals surface area contributed by atoms with Gasteiger partial charge in [-0.3, -0.25) is 0 Å². The Kier molecular flexibility index (Phi) is 5.86. The minimum atomic E-state index is 0.132. The SMILES string of the molecule is COc1cccc(CCNCC2(CO)CCCCC2)c1. The van der Waals surface area contributed by atoms with Crippen LogP contribution in [0.3, 0.4) is 0 Å². The summed E-state index contributed by atoms with van der Waals surface area (Å²) >= 11 is 0. The molecule has 2 rings (SSSR count). The van der Waals surface area contributed by atoms with Gasteiger partial charge in [0, 0.05) is 18.6 Å². The van der Waals surface area contributed by atoms with Gasteiger partial charge in [-0.2, -0.15) is 0 Å². The van der Waals surface area contributed by atoms with Crippen molar-refractivity contribution < 1.29 is 9.84 Å². The third-order valence-corrected chi connectivity index (χ3v) is 4.47. The maximum Gasteiger partial charge on any atom is 0.119 e. The molecule has 0 unspecified atom stereocenters. The summed E-state index contributed by atoms with van der Waals surface area (Å²) in [6, 6.07) is 8.22. The van der Waals surface area contributed by atoms with Crippen LogP contribution in [0.1, 0.15) is 37.7 Å². The molecule has 0 radical (unpaired) electrons. The van der Waals surface area contributed by atoms with Crippen LogP contribution in [0.5, 0.6) is 5.75 Å². The van der Waals surface area contributed by atoms with Gasteiger partial charge in [0.05, 0.1) is 7.11 Å². The number of hydrogen-bond acceptors (Lipinski definition) is 3. The molecule has 3 heteroatoms. The van der Waals surface area contributed by atoms with Crippen molar-refractivity contribution in [2.75, 3.05) is 26.8 Å². The van der Waals surface area contributed by atoms with Crippen LogP contribution < -0.4 is 10.1 Å². The molecule has 1 aromatic carbocycles. The van der Waals surface area contributed by atoms with Crippen LogP contribution in [0.15, 0.2) is 24.3 Å². The largest absolute Gasteiger partial charge is 0.497 e. The summed E-state index contributed by atoms with van der Waals surface area (Å²) in [5, 5.41) is 13.2.